The van der Waals surface area contributed by atoms with Gasteiger partial charge in [0.05, 0.1) is 0 Å². The Hall–Kier alpha value is -3.41. The molecule has 4 aromatic rings. The maximum atomic E-state index is 9.51. The van der Waals surface area contributed by atoms with Crippen molar-refractivity contribution in [3.8, 4) is 0 Å². The van der Waals surface area contributed by atoms with Crippen LogP contribution in [0.25, 0.3) is 11.1 Å². The fraction of sp³-hybridized carbons (Fsp3) is 0. The zero-order valence-electron chi connectivity index (χ0n) is 17.3. The highest BCUT2D eigenvalue weighted by Gasteiger charge is 2.18. The molecule has 0 aliphatic rings. The number of hydrogen-bond donors (Lipinski definition) is 4. The minimum absolute atomic E-state index is 0.420. The van der Waals surface area contributed by atoms with Crippen molar-refractivity contribution in [1.82, 2.24) is 0 Å². The molecule has 6 heteroatoms. The first-order valence-corrected chi connectivity index (χ1v) is 10.3. The molecule has 0 spiro atoms. The molecule has 0 aromatic heterocycles. The first-order valence-electron chi connectivity index (χ1n) is 10.3. The van der Waals surface area contributed by atoms with Crippen molar-refractivity contribution in [2.75, 3.05) is 0 Å². The molecule has 0 fully saturated rings. The molecule has 156 valence electrons. The van der Waals surface area contributed by atoms with Crippen molar-refractivity contribution < 1.29 is 20.1 Å². The highest BCUT2D eigenvalue weighted by molar-refractivity contribution is 6.59. The van der Waals surface area contributed by atoms with Crippen LogP contribution in [0.3, 0.4) is 0 Å². The molecule has 4 aromatic carbocycles. The summed E-state index contributed by atoms with van der Waals surface area (Å²) in [5.41, 5.74) is 6.66. The van der Waals surface area contributed by atoms with Crippen molar-refractivity contribution in [3.05, 3.63) is 131 Å². The Morgan fingerprint density at radius 1 is 0.375 bits per heavy atom. The van der Waals surface area contributed by atoms with Gasteiger partial charge in [0.25, 0.3) is 0 Å². The van der Waals surface area contributed by atoms with E-state index in [0.29, 0.717) is 10.9 Å². The summed E-state index contributed by atoms with van der Waals surface area (Å²) in [5.74, 6) is 0. The van der Waals surface area contributed by atoms with Gasteiger partial charge in [-0.25, -0.2) is 0 Å². The summed E-state index contributed by atoms with van der Waals surface area (Å²) in [5, 5.41) is 38.0. The van der Waals surface area contributed by atoms with Crippen LogP contribution in [0.2, 0.25) is 0 Å². The van der Waals surface area contributed by atoms with Gasteiger partial charge >= 0.3 is 14.2 Å². The summed E-state index contributed by atoms with van der Waals surface area (Å²) >= 11 is 0. The highest BCUT2D eigenvalue weighted by atomic mass is 16.4. The van der Waals surface area contributed by atoms with Crippen molar-refractivity contribution >= 4 is 36.3 Å². The minimum atomic E-state index is -1.53. The average Bonchev–Trinajstić information content (AvgIpc) is 2.84. The van der Waals surface area contributed by atoms with Crippen LogP contribution in [-0.4, -0.2) is 34.3 Å². The molecule has 0 aliphatic carbocycles. The van der Waals surface area contributed by atoms with E-state index in [-0.39, 0.29) is 0 Å². The molecule has 4 rings (SSSR count). The van der Waals surface area contributed by atoms with E-state index in [1.165, 1.54) is 0 Å². The number of rotatable bonds is 6. The summed E-state index contributed by atoms with van der Waals surface area (Å²) < 4.78 is 0. The lowest BCUT2D eigenvalue weighted by Crippen LogP contribution is -2.29. The molecule has 0 aliphatic heterocycles. The first kappa shape index (κ1) is 21.8. The monoisotopic (exact) mass is 420 g/mol. The lowest BCUT2D eigenvalue weighted by molar-refractivity contribution is 0.424. The molecule has 0 atom stereocenters. The molecule has 4 N–H and O–H groups in total. The van der Waals surface area contributed by atoms with Gasteiger partial charge in [-0.2, -0.15) is 0 Å². The lowest BCUT2D eigenvalue weighted by atomic mass is 9.77. The van der Waals surface area contributed by atoms with Gasteiger partial charge in [0.2, 0.25) is 0 Å². The zero-order valence-corrected chi connectivity index (χ0v) is 17.3. The van der Waals surface area contributed by atoms with Crippen LogP contribution < -0.4 is 10.9 Å². The molecule has 0 amide bonds. The summed E-state index contributed by atoms with van der Waals surface area (Å²) in [6, 6.07) is 34.4. The third-order valence-electron chi connectivity index (χ3n) is 5.37. The van der Waals surface area contributed by atoms with Gasteiger partial charge in [-0.3, -0.25) is 0 Å². The van der Waals surface area contributed by atoms with E-state index in [9.17, 15) is 20.1 Å². The standard InChI is InChI=1S/C26H22B2O4/c29-27(30)23-15-11-21(12-16-23)25(19-7-3-1-4-8-19)26(20-9-5-2-6-10-20)22-13-17-24(18-14-22)28(31)32/h1-18,29-32H/b26-25+. The Balaban J connectivity index is 2.01. The SMILES string of the molecule is OB(O)c1ccc(/C(=C(\c2ccccc2)c2ccc(B(O)O)cc2)c2ccccc2)cc1. The van der Waals surface area contributed by atoms with Crippen molar-refractivity contribution in [3.63, 3.8) is 0 Å². The van der Waals surface area contributed by atoms with Gasteiger partial charge in [0.1, 0.15) is 0 Å². The topological polar surface area (TPSA) is 80.9 Å². The van der Waals surface area contributed by atoms with Crippen LogP contribution in [0, 0.1) is 0 Å². The smallest absolute Gasteiger partial charge is 0.423 e. The molecule has 0 heterocycles. The molecular formula is C26H22B2O4. The predicted molar refractivity (Wildman–Crippen MR) is 130 cm³/mol. The maximum absolute atomic E-state index is 9.51. The minimum Gasteiger partial charge on any atom is -0.423 e. The molecule has 0 radical (unpaired) electrons. The molecule has 0 bridgehead atoms. The van der Waals surface area contributed by atoms with Gasteiger partial charge in [-0.05, 0) is 44.3 Å². The Kier molecular flexibility index (Phi) is 6.69. The van der Waals surface area contributed by atoms with Crippen molar-refractivity contribution in [2.45, 2.75) is 0 Å². The summed E-state index contributed by atoms with van der Waals surface area (Å²) in [7, 11) is -3.06. The second-order valence-electron chi connectivity index (χ2n) is 7.47. The second-order valence-corrected chi connectivity index (χ2v) is 7.47. The van der Waals surface area contributed by atoms with Gasteiger partial charge in [0.15, 0.2) is 0 Å². The predicted octanol–water partition coefficient (Wildman–Crippen LogP) is 2.05. The molecule has 4 nitrogen and oxygen atoms in total. The van der Waals surface area contributed by atoms with E-state index in [2.05, 4.69) is 0 Å². The van der Waals surface area contributed by atoms with Crippen LogP contribution >= 0.6 is 0 Å². The largest absolute Gasteiger partial charge is 0.488 e. The van der Waals surface area contributed by atoms with Gasteiger partial charge in [-0.15, -0.1) is 0 Å². The third-order valence-corrected chi connectivity index (χ3v) is 5.37. The Morgan fingerprint density at radius 3 is 0.938 bits per heavy atom. The Labute approximate surface area is 188 Å². The molecule has 0 saturated heterocycles. The van der Waals surface area contributed by atoms with Gasteiger partial charge in [0, 0.05) is 0 Å². The second kappa shape index (κ2) is 9.81. The molecular weight excluding hydrogens is 398 g/mol. The van der Waals surface area contributed by atoms with E-state index in [1.807, 2.05) is 84.9 Å². The molecule has 0 saturated carbocycles. The quantitative estimate of drug-likeness (QED) is 0.285. The van der Waals surface area contributed by atoms with Crippen molar-refractivity contribution in [2.24, 2.45) is 0 Å². The van der Waals surface area contributed by atoms with Crippen LogP contribution in [-0.2, 0) is 0 Å². The van der Waals surface area contributed by atoms with E-state index < -0.39 is 14.2 Å². The van der Waals surface area contributed by atoms with E-state index in [1.54, 1.807) is 24.3 Å². The third kappa shape index (κ3) is 4.74. The first-order chi connectivity index (χ1) is 15.5. The van der Waals surface area contributed by atoms with Crippen LogP contribution in [0.15, 0.2) is 109 Å². The summed E-state index contributed by atoms with van der Waals surface area (Å²) in [6.07, 6.45) is 0. The van der Waals surface area contributed by atoms with Crippen LogP contribution in [0.1, 0.15) is 22.3 Å². The van der Waals surface area contributed by atoms with Crippen molar-refractivity contribution in [1.29, 1.82) is 0 Å². The highest BCUT2D eigenvalue weighted by Crippen LogP contribution is 2.36. The number of hydrogen-bond acceptors (Lipinski definition) is 4. The number of benzene rings is 4. The fourth-order valence-electron chi connectivity index (χ4n) is 3.76. The summed E-state index contributed by atoms with van der Waals surface area (Å²) in [6.45, 7) is 0. The Morgan fingerprint density at radius 2 is 0.656 bits per heavy atom. The van der Waals surface area contributed by atoms with E-state index >= 15 is 0 Å². The van der Waals surface area contributed by atoms with Gasteiger partial charge in [-0.1, -0.05) is 109 Å². The van der Waals surface area contributed by atoms with Crippen LogP contribution in [0.5, 0.6) is 0 Å². The van der Waals surface area contributed by atoms with E-state index in [4.69, 9.17) is 0 Å². The molecule has 0 unspecified atom stereocenters. The fourth-order valence-corrected chi connectivity index (χ4v) is 3.76. The Bertz CT molecular complexity index is 1090. The van der Waals surface area contributed by atoms with Gasteiger partial charge < -0.3 is 20.1 Å². The molecule has 32 heavy (non-hydrogen) atoms. The van der Waals surface area contributed by atoms with Crippen LogP contribution in [0.4, 0.5) is 0 Å². The normalized spacial score (nSPS) is 11.6. The maximum Gasteiger partial charge on any atom is 0.488 e. The average molecular weight is 420 g/mol. The zero-order chi connectivity index (χ0) is 22.5. The van der Waals surface area contributed by atoms with E-state index in [0.717, 1.165) is 33.4 Å². The summed E-state index contributed by atoms with van der Waals surface area (Å²) in [4.78, 5) is 0. The lowest BCUT2D eigenvalue weighted by Gasteiger charge is -2.18.